The van der Waals surface area contributed by atoms with E-state index in [0.29, 0.717) is 17.6 Å². The van der Waals surface area contributed by atoms with E-state index in [-0.39, 0.29) is 10.8 Å². The van der Waals surface area contributed by atoms with E-state index < -0.39 is 0 Å². The van der Waals surface area contributed by atoms with Crippen molar-refractivity contribution in [2.24, 2.45) is 22.7 Å². The number of allylic oxidation sites excluding steroid dienone is 3. The smallest absolute Gasteiger partial charge is 0.143 e. The van der Waals surface area contributed by atoms with Gasteiger partial charge in [0.15, 0.2) is 0 Å². The van der Waals surface area contributed by atoms with Crippen LogP contribution in [0.1, 0.15) is 53.4 Å². The van der Waals surface area contributed by atoms with Crippen molar-refractivity contribution in [2.75, 3.05) is 0 Å². The Morgan fingerprint density at radius 2 is 2.17 bits per heavy atom. The molecule has 1 fully saturated rings. The second-order valence-electron chi connectivity index (χ2n) is 6.75. The number of carbonyl (C=O) groups excluding carboxylic acids is 1. The van der Waals surface area contributed by atoms with Gasteiger partial charge >= 0.3 is 0 Å². The van der Waals surface area contributed by atoms with Crippen LogP contribution in [-0.2, 0) is 4.79 Å². The predicted octanol–water partition coefficient (Wildman–Crippen LogP) is 4.54. The minimum Gasteiger partial charge on any atom is -0.299 e. The lowest BCUT2D eigenvalue weighted by molar-refractivity contribution is -0.143. The Labute approximate surface area is 111 Å². The second-order valence-corrected chi connectivity index (χ2v) is 6.75. The highest BCUT2D eigenvalue weighted by Crippen LogP contribution is 2.59. The molecule has 0 spiro atoms. The number of carbonyl (C=O) groups is 1. The van der Waals surface area contributed by atoms with Crippen molar-refractivity contribution in [3.63, 3.8) is 0 Å². The van der Waals surface area contributed by atoms with Crippen molar-refractivity contribution in [2.45, 2.75) is 53.4 Å². The molecule has 0 aromatic heterocycles. The van der Waals surface area contributed by atoms with Gasteiger partial charge in [0.05, 0.1) is 5.41 Å². The molecular weight excluding hydrogens is 220 g/mol. The molecule has 0 unspecified atom stereocenters. The standard InChI is InChI=1S/C17H26O/c1-6-10-16(4)13(3)11-15(18)17(5)12(2)8-7-9-14(16)17/h6,8,13-14H,1,7,9-11H2,2-5H3/t13-,14-,16+,17+/m0/s1. The molecule has 1 saturated carbocycles. The Morgan fingerprint density at radius 3 is 2.78 bits per heavy atom. The summed E-state index contributed by atoms with van der Waals surface area (Å²) in [6, 6.07) is 0. The van der Waals surface area contributed by atoms with E-state index in [1.807, 2.05) is 6.08 Å². The third-order valence-corrected chi connectivity index (χ3v) is 6.00. The van der Waals surface area contributed by atoms with Crippen LogP contribution in [0.3, 0.4) is 0 Å². The zero-order valence-electron chi connectivity index (χ0n) is 12.3. The maximum absolute atomic E-state index is 12.6. The quantitative estimate of drug-likeness (QED) is 0.654. The van der Waals surface area contributed by atoms with Crippen LogP contribution in [0, 0.1) is 22.7 Å². The van der Waals surface area contributed by atoms with Crippen LogP contribution in [0.5, 0.6) is 0 Å². The van der Waals surface area contributed by atoms with E-state index in [1.54, 1.807) is 0 Å². The molecule has 0 aromatic carbocycles. The third-order valence-electron chi connectivity index (χ3n) is 6.00. The van der Waals surface area contributed by atoms with E-state index in [2.05, 4.69) is 40.3 Å². The summed E-state index contributed by atoms with van der Waals surface area (Å²) < 4.78 is 0. The van der Waals surface area contributed by atoms with Crippen molar-refractivity contribution in [3.8, 4) is 0 Å². The molecule has 4 atom stereocenters. The fourth-order valence-corrected chi connectivity index (χ4v) is 4.37. The fraction of sp³-hybridized carbons (Fsp3) is 0.706. The fourth-order valence-electron chi connectivity index (χ4n) is 4.37. The largest absolute Gasteiger partial charge is 0.299 e. The van der Waals surface area contributed by atoms with E-state index in [9.17, 15) is 4.79 Å². The maximum Gasteiger partial charge on any atom is 0.143 e. The Bertz CT molecular complexity index is 406. The molecule has 0 bridgehead atoms. The number of rotatable bonds is 2. The van der Waals surface area contributed by atoms with Gasteiger partial charge in [0.2, 0.25) is 0 Å². The summed E-state index contributed by atoms with van der Waals surface area (Å²) in [7, 11) is 0. The molecule has 0 heterocycles. The number of fused-ring (bicyclic) bond motifs is 1. The van der Waals surface area contributed by atoms with E-state index in [4.69, 9.17) is 0 Å². The van der Waals surface area contributed by atoms with Crippen molar-refractivity contribution in [1.29, 1.82) is 0 Å². The van der Waals surface area contributed by atoms with Crippen LogP contribution in [0.4, 0.5) is 0 Å². The molecule has 100 valence electrons. The first-order chi connectivity index (χ1) is 8.37. The van der Waals surface area contributed by atoms with E-state index in [1.165, 1.54) is 5.57 Å². The third kappa shape index (κ3) is 1.63. The average molecular weight is 246 g/mol. The van der Waals surface area contributed by atoms with Gasteiger partial charge in [-0.3, -0.25) is 4.79 Å². The number of hydrogen-bond acceptors (Lipinski definition) is 1. The van der Waals surface area contributed by atoms with Gasteiger partial charge in [0, 0.05) is 6.42 Å². The normalized spacial score (nSPS) is 44.2. The molecule has 0 saturated heterocycles. The van der Waals surface area contributed by atoms with Crippen LogP contribution >= 0.6 is 0 Å². The summed E-state index contributed by atoms with van der Waals surface area (Å²) in [5, 5.41) is 0. The summed E-state index contributed by atoms with van der Waals surface area (Å²) >= 11 is 0. The molecule has 18 heavy (non-hydrogen) atoms. The average Bonchev–Trinajstić information content (AvgIpc) is 2.31. The van der Waals surface area contributed by atoms with Gasteiger partial charge in [0.25, 0.3) is 0 Å². The molecule has 0 radical (unpaired) electrons. The van der Waals surface area contributed by atoms with Crippen molar-refractivity contribution in [1.82, 2.24) is 0 Å². The van der Waals surface area contributed by atoms with Gasteiger partial charge in [-0.25, -0.2) is 0 Å². The molecule has 0 aliphatic heterocycles. The highest BCUT2D eigenvalue weighted by atomic mass is 16.1. The van der Waals surface area contributed by atoms with Crippen LogP contribution in [0.2, 0.25) is 0 Å². The molecule has 2 rings (SSSR count). The molecule has 0 aromatic rings. The zero-order valence-corrected chi connectivity index (χ0v) is 12.3. The van der Waals surface area contributed by atoms with E-state index in [0.717, 1.165) is 25.7 Å². The highest BCUT2D eigenvalue weighted by Gasteiger charge is 2.56. The maximum atomic E-state index is 12.6. The molecule has 1 heteroatoms. The monoisotopic (exact) mass is 246 g/mol. The van der Waals surface area contributed by atoms with Crippen LogP contribution in [-0.4, -0.2) is 5.78 Å². The number of ketones is 1. The topological polar surface area (TPSA) is 17.1 Å². The first-order valence-electron chi connectivity index (χ1n) is 7.18. The SMILES string of the molecule is C=CC[C@@]1(C)[C@@H]2CCC=C(C)[C@@]2(C)C(=O)C[C@@H]1C. The molecule has 0 amide bonds. The zero-order chi connectivity index (χ0) is 13.6. The lowest BCUT2D eigenvalue weighted by Crippen LogP contribution is -2.54. The number of Topliss-reactive ketones (excluding diaryl/α,β-unsaturated/α-hetero) is 1. The van der Waals surface area contributed by atoms with Gasteiger partial charge in [-0.15, -0.1) is 6.58 Å². The van der Waals surface area contributed by atoms with Crippen molar-refractivity contribution >= 4 is 5.78 Å². The van der Waals surface area contributed by atoms with Gasteiger partial charge in [-0.05, 0) is 50.4 Å². The molecule has 2 aliphatic rings. The number of hydrogen-bond donors (Lipinski definition) is 0. The summed E-state index contributed by atoms with van der Waals surface area (Å²) in [6.07, 6.45) is 8.34. The van der Waals surface area contributed by atoms with Gasteiger partial charge in [-0.1, -0.05) is 31.6 Å². The Balaban J connectivity index is 2.50. The molecule has 2 aliphatic carbocycles. The van der Waals surface area contributed by atoms with Crippen molar-refractivity contribution < 1.29 is 4.79 Å². The lowest BCUT2D eigenvalue weighted by Gasteiger charge is -2.56. The van der Waals surface area contributed by atoms with Crippen LogP contribution in [0.25, 0.3) is 0 Å². The summed E-state index contributed by atoms with van der Waals surface area (Å²) in [4.78, 5) is 12.6. The lowest BCUT2D eigenvalue weighted by atomic mass is 9.46. The first-order valence-corrected chi connectivity index (χ1v) is 7.18. The second kappa shape index (κ2) is 4.36. The molecule has 1 nitrogen and oxygen atoms in total. The van der Waals surface area contributed by atoms with Crippen LogP contribution in [0.15, 0.2) is 24.3 Å². The van der Waals surface area contributed by atoms with Gasteiger partial charge in [0.1, 0.15) is 5.78 Å². The Kier molecular flexibility index (Phi) is 3.29. The highest BCUT2D eigenvalue weighted by molar-refractivity contribution is 5.89. The van der Waals surface area contributed by atoms with Gasteiger partial charge in [-0.2, -0.15) is 0 Å². The Hall–Kier alpha value is -0.850. The summed E-state index contributed by atoms with van der Waals surface area (Å²) in [5.74, 6) is 1.39. The van der Waals surface area contributed by atoms with Crippen LogP contribution < -0.4 is 0 Å². The van der Waals surface area contributed by atoms with Gasteiger partial charge < -0.3 is 0 Å². The summed E-state index contributed by atoms with van der Waals surface area (Å²) in [6.45, 7) is 12.9. The predicted molar refractivity (Wildman–Crippen MR) is 76.3 cm³/mol. The first kappa shape index (κ1) is 13.6. The minimum atomic E-state index is -0.220. The van der Waals surface area contributed by atoms with E-state index >= 15 is 0 Å². The Morgan fingerprint density at radius 1 is 1.50 bits per heavy atom. The molecular formula is C17H26O. The molecule has 0 N–H and O–H groups in total. The summed E-state index contributed by atoms with van der Waals surface area (Å²) in [5.41, 5.74) is 1.30. The van der Waals surface area contributed by atoms with Crippen molar-refractivity contribution in [3.05, 3.63) is 24.3 Å². The minimum absolute atomic E-state index is 0.220.